The number of likely N-dealkylation sites (tertiary alicyclic amines) is 1. The van der Waals surface area contributed by atoms with Crippen molar-refractivity contribution < 1.29 is 29.7 Å². The maximum Gasteiger partial charge on any atom is 0.326 e. The number of carboxylic acids is 1. The Morgan fingerprint density at radius 2 is 1.82 bits per heavy atom. The minimum atomic E-state index is -1.31. The van der Waals surface area contributed by atoms with Crippen LogP contribution in [0.25, 0.3) is 0 Å². The van der Waals surface area contributed by atoms with Crippen LogP contribution in [0.3, 0.4) is 0 Å². The monoisotopic (exact) mass is 317 g/mol. The van der Waals surface area contributed by atoms with E-state index in [0.717, 1.165) is 4.90 Å². The minimum absolute atomic E-state index is 0.247. The highest BCUT2D eigenvalue weighted by atomic mass is 16.4. The third-order valence-corrected chi connectivity index (χ3v) is 3.69. The first-order chi connectivity index (χ1) is 10.2. The van der Waals surface area contributed by atoms with Crippen molar-refractivity contribution in [3.63, 3.8) is 0 Å². The first kappa shape index (κ1) is 18.3. The summed E-state index contributed by atoms with van der Waals surface area (Å²) in [6, 6.07) is -3.52. The van der Waals surface area contributed by atoms with Gasteiger partial charge in [-0.1, -0.05) is 0 Å². The van der Waals surface area contributed by atoms with Crippen molar-refractivity contribution in [1.82, 2.24) is 10.2 Å². The average molecular weight is 317 g/mol. The molecule has 1 rings (SSSR count). The van der Waals surface area contributed by atoms with Gasteiger partial charge < -0.3 is 31.3 Å². The van der Waals surface area contributed by atoms with E-state index in [9.17, 15) is 24.6 Å². The number of rotatable bonds is 6. The fraction of sp³-hybridized carbons (Fsp3) is 0.769. The van der Waals surface area contributed by atoms with Crippen molar-refractivity contribution in [3.8, 4) is 0 Å². The van der Waals surface area contributed by atoms with Crippen LogP contribution in [-0.4, -0.2) is 74.9 Å². The standard InChI is InChI=1S/C13H23N3O6/c1-6(17)9(14)11(19)15-10(7(2)18)12(20)16-5-3-4-8(16)13(21)22/h6-10,17-18H,3-5,14H2,1-2H3,(H,15,19)(H,21,22). The number of hydrogen-bond acceptors (Lipinski definition) is 6. The number of amides is 2. The van der Waals surface area contributed by atoms with E-state index >= 15 is 0 Å². The fourth-order valence-electron chi connectivity index (χ4n) is 2.32. The predicted octanol–water partition coefficient (Wildman–Crippen LogP) is -2.36. The highest BCUT2D eigenvalue weighted by molar-refractivity contribution is 5.92. The van der Waals surface area contributed by atoms with E-state index in [1.165, 1.54) is 13.8 Å². The number of carbonyl (C=O) groups is 3. The van der Waals surface area contributed by atoms with E-state index < -0.39 is 48.1 Å². The van der Waals surface area contributed by atoms with Crippen LogP contribution in [0.15, 0.2) is 0 Å². The zero-order chi connectivity index (χ0) is 17.0. The second-order valence-electron chi connectivity index (χ2n) is 5.52. The summed E-state index contributed by atoms with van der Waals surface area (Å²) in [4.78, 5) is 36.5. The molecule has 0 saturated carbocycles. The molecule has 5 atom stereocenters. The van der Waals surface area contributed by atoms with Gasteiger partial charge in [0.15, 0.2) is 0 Å². The van der Waals surface area contributed by atoms with Crippen LogP contribution in [0, 0.1) is 0 Å². The van der Waals surface area contributed by atoms with Gasteiger partial charge in [-0.05, 0) is 26.7 Å². The predicted molar refractivity (Wildman–Crippen MR) is 75.6 cm³/mol. The summed E-state index contributed by atoms with van der Waals surface area (Å²) >= 11 is 0. The van der Waals surface area contributed by atoms with E-state index in [1.807, 2.05) is 0 Å². The summed E-state index contributed by atoms with van der Waals surface area (Å²) in [7, 11) is 0. The smallest absolute Gasteiger partial charge is 0.326 e. The Balaban J connectivity index is 2.84. The molecule has 1 aliphatic heterocycles. The van der Waals surface area contributed by atoms with Crippen molar-refractivity contribution in [2.75, 3.05) is 6.54 Å². The third kappa shape index (κ3) is 4.15. The van der Waals surface area contributed by atoms with Gasteiger partial charge in [-0.3, -0.25) is 9.59 Å². The summed E-state index contributed by atoms with van der Waals surface area (Å²) in [5, 5.41) is 30.4. The summed E-state index contributed by atoms with van der Waals surface area (Å²) in [6.45, 7) is 2.88. The van der Waals surface area contributed by atoms with Crippen molar-refractivity contribution in [3.05, 3.63) is 0 Å². The molecule has 0 aromatic carbocycles. The molecule has 0 aromatic heterocycles. The molecule has 22 heavy (non-hydrogen) atoms. The second kappa shape index (κ2) is 7.52. The normalized spacial score (nSPS) is 23.5. The molecule has 0 spiro atoms. The Hall–Kier alpha value is -1.71. The summed E-state index contributed by atoms with van der Waals surface area (Å²) in [6.07, 6.45) is -1.48. The number of nitrogens with one attached hydrogen (secondary N) is 1. The lowest BCUT2D eigenvalue weighted by atomic mass is 10.1. The van der Waals surface area contributed by atoms with Crippen LogP contribution in [0.1, 0.15) is 26.7 Å². The van der Waals surface area contributed by atoms with Crippen LogP contribution < -0.4 is 11.1 Å². The average Bonchev–Trinajstić information content (AvgIpc) is 2.91. The van der Waals surface area contributed by atoms with Crippen molar-refractivity contribution in [2.45, 2.75) is 57.0 Å². The molecule has 2 amide bonds. The fourth-order valence-corrected chi connectivity index (χ4v) is 2.32. The van der Waals surface area contributed by atoms with E-state index in [2.05, 4.69) is 5.32 Å². The quantitative estimate of drug-likeness (QED) is 0.367. The molecule has 0 bridgehead atoms. The maximum absolute atomic E-state index is 12.4. The minimum Gasteiger partial charge on any atom is -0.480 e. The molecule has 126 valence electrons. The summed E-state index contributed by atoms with van der Waals surface area (Å²) < 4.78 is 0. The van der Waals surface area contributed by atoms with Crippen molar-refractivity contribution in [1.29, 1.82) is 0 Å². The SMILES string of the molecule is CC(O)C(N)C(=O)NC(C(=O)N1CCCC1C(=O)O)C(C)O. The van der Waals surface area contributed by atoms with Gasteiger partial charge in [0.25, 0.3) is 0 Å². The van der Waals surface area contributed by atoms with Gasteiger partial charge in [0.2, 0.25) is 11.8 Å². The molecule has 9 nitrogen and oxygen atoms in total. The van der Waals surface area contributed by atoms with Crippen LogP contribution in [0.2, 0.25) is 0 Å². The van der Waals surface area contributed by atoms with Crippen LogP contribution in [0.4, 0.5) is 0 Å². The van der Waals surface area contributed by atoms with Crippen LogP contribution in [-0.2, 0) is 14.4 Å². The first-order valence-electron chi connectivity index (χ1n) is 7.12. The van der Waals surface area contributed by atoms with Crippen molar-refractivity contribution >= 4 is 17.8 Å². The Kier molecular flexibility index (Phi) is 6.27. The highest BCUT2D eigenvalue weighted by Gasteiger charge is 2.39. The lowest BCUT2D eigenvalue weighted by Crippen LogP contribution is -2.59. The maximum atomic E-state index is 12.4. The lowest BCUT2D eigenvalue weighted by molar-refractivity contribution is -0.150. The van der Waals surface area contributed by atoms with Crippen LogP contribution >= 0.6 is 0 Å². The Morgan fingerprint density at radius 1 is 1.23 bits per heavy atom. The van der Waals surface area contributed by atoms with Gasteiger partial charge in [-0.2, -0.15) is 0 Å². The molecule has 5 unspecified atom stereocenters. The van der Waals surface area contributed by atoms with Crippen LogP contribution in [0.5, 0.6) is 0 Å². The molecular formula is C13H23N3O6. The molecule has 1 saturated heterocycles. The largest absolute Gasteiger partial charge is 0.480 e. The molecule has 6 N–H and O–H groups in total. The molecule has 0 aliphatic carbocycles. The van der Waals surface area contributed by atoms with Gasteiger partial charge >= 0.3 is 5.97 Å². The van der Waals surface area contributed by atoms with Gasteiger partial charge in [0, 0.05) is 6.54 Å². The number of aliphatic carboxylic acids is 1. The van der Waals surface area contributed by atoms with E-state index in [1.54, 1.807) is 0 Å². The van der Waals surface area contributed by atoms with Gasteiger partial charge in [-0.25, -0.2) is 4.79 Å². The van der Waals surface area contributed by atoms with Gasteiger partial charge in [-0.15, -0.1) is 0 Å². The molecule has 0 radical (unpaired) electrons. The number of nitrogens with two attached hydrogens (primary N) is 1. The number of hydrogen-bond donors (Lipinski definition) is 5. The molecule has 1 aliphatic rings. The van der Waals surface area contributed by atoms with Crippen molar-refractivity contribution in [2.24, 2.45) is 5.73 Å². The number of aliphatic hydroxyl groups excluding tert-OH is 2. The Labute approximate surface area is 128 Å². The second-order valence-corrected chi connectivity index (χ2v) is 5.52. The summed E-state index contributed by atoms with van der Waals surface area (Å²) in [5.74, 6) is -2.59. The topological polar surface area (TPSA) is 153 Å². The third-order valence-electron chi connectivity index (χ3n) is 3.69. The zero-order valence-corrected chi connectivity index (χ0v) is 12.6. The lowest BCUT2D eigenvalue weighted by Gasteiger charge is -2.29. The molecule has 0 aromatic rings. The van der Waals surface area contributed by atoms with E-state index in [4.69, 9.17) is 10.8 Å². The summed E-state index contributed by atoms with van der Waals surface area (Å²) in [5.41, 5.74) is 5.47. The first-order valence-corrected chi connectivity index (χ1v) is 7.12. The number of carbonyl (C=O) groups excluding carboxylic acids is 2. The van der Waals surface area contributed by atoms with Gasteiger partial charge in [0.05, 0.1) is 12.2 Å². The Morgan fingerprint density at radius 3 is 2.27 bits per heavy atom. The number of aliphatic hydroxyl groups is 2. The molecule has 1 heterocycles. The van der Waals surface area contributed by atoms with E-state index in [0.29, 0.717) is 12.8 Å². The molecule has 9 heteroatoms. The number of nitrogens with zero attached hydrogens (tertiary/aromatic N) is 1. The number of carboxylic acid groups (broad SMARTS) is 1. The van der Waals surface area contributed by atoms with Gasteiger partial charge in [0.1, 0.15) is 18.1 Å². The Bertz CT molecular complexity index is 439. The highest BCUT2D eigenvalue weighted by Crippen LogP contribution is 2.19. The van der Waals surface area contributed by atoms with E-state index in [-0.39, 0.29) is 6.54 Å². The molecular weight excluding hydrogens is 294 g/mol. The zero-order valence-electron chi connectivity index (χ0n) is 12.6. The molecule has 1 fully saturated rings.